The second-order valence-electron chi connectivity index (χ2n) is 6.95. The first-order valence-corrected chi connectivity index (χ1v) is 8.58. The maximum absolute atomic E-state index is 5.85. The van der Waals surface area contributed by atoms with Crippen molar-refractivity contribution in [3.63, 3.8) is 0 Å². The number of nitrogens with zero attached hydrogens (tertiary/aromatic N) is 1. The van der Waals surface area contributed by atoms with Crippen LogP contribution in [0.1, 0.15) is 43.2 Å². The summed E-state index contributed by atoms with van der Waals surface area (Å²) in [5, 5.41) is 0. The average molecular weight is 287 g/mol. The SMILES string of the molecule is CO[C@H]1CN(C2CCCC2)CC[C@@H]1Cc1cccc(C)c1. The molecule has 2 fully saturated rings. The van der Waals surface area contributed by atoms with Gasteiger partial charge in [0.25, 0.3) is 0 Å². The van der Waals surface area contributed by atoms with Gasteiger partial charge in [-0.05, 0) is 50.6 Å². The maximum Gasteiger partial charge on any atom is 0.0730 e. The number of hydrogen-bond donors (Lipinski definition) is 0. The molecule has 0 unspecified atom stereocenters. The van der Waals surface area contributed by atoms with Crippen molar-refractivity contribution >= 4 is 0 Å². The molecule has 0 bridgehead atoms. The summed E-state index contributed by atoms with van der Waals surface area (Å²) < 4.78 is 5.85. The highest BCUT2D eigenvalue weighted by Gasteiger charge is 2.33. The summed E-state index contributed by atoms with van der Waals surface area (Å²) in [7, 11) is 1.89. The van der Waals surface area contributed by atoms with E-state index in [-0.39, 0.29) is 0 Å². The number of hydrogen-bond acceptors (Lipinski definition) is 2. The van der Waals surface area contributed by atoms with E-state index in [1.807, 2.05) is 7.11 Å². The summed E-state index contributed by atoms with van der Waals surface area (Å²) >= 11 is 0. The van der Waals surface area contributed by atoms with E-state index >= 15 is 0 Å². The Labute approximate surface area is 129 Å². The van der Waals surface area contributed by atoms with Crippen LogP contribution in [-0.2, 0) is 11.2 Å². The number of rotatable bonds is 4. The third kappa shape index (κ3) is 3.67. The van der Waals surface area contributed by atoms with Crippen molar-refractivity contribution in [3.05, 3.63) is 35.4 Å². The lowest BCUT2D eigenvalue weighted by Crippen LogP contribution is -2.48. The van der Waals surface area contributed by atoms with Gasteiger partial charge in [0.15, 0.2) is 0 Å². The highest BCUT2D eigenvalue weighted by Crippen LogP contribution is 2.30. The topological polar surface area (TPSA) is 12.5 Å². The molecule has 1 aromatic rings. The zero-order valence-electron chi connectivity index (χ0n) is 13.6. The smallest absolute Gasteiger partial charge is 0.0730 e. The Morgan fingerprint density at radius 1 is 1.19 bits per heavy atom. The Hall–Kier alpha value is -0.860. The fourth-order valence-corrected chi connectivity index (χ4v) is 4.23. The Bertz CT molecular complexity index is 453. The predicted molar refractivity (Wildman–Crippen MR) is 87.6 cm³/mol. The first-order chi connectivity index (χ1) is 10.3. The van der Waals surface area contributed by atoms with Crippen LogP contribution in [0.15, 0.2) is 24.3 Å². The summed E-state index contributed by atoms with van der Waals surface area (Å²) in [5.74, 6) is 0.675. The van der Waals surface area contributed by atoms with Crippen molar-refractivity contribution in [1.82, 2.24) is 4.90 Å². The predicted octanol–water partition coefficient (Wildman–Crippen LogP) is 3.82. The molecule has 21 heavy (non-hydrogen) atoms. The molecule has 3 rings (SSSR count). The molecular weight excluding hydrogens is 258 g/mol. The number of likely N-dealkylation sites (tertiary alicyclic amines) is 1. The van der Waals surface area contributed by atoms with Crippen LogP contribution in [0.5, 0.6) is 0 Å². The van der Waals surface area contributed by atoms with E-state index in [9.17, 15) is 0 Å². The van der Waals surface area contributed by atoms with Crippen molar-refractivity contribution < 1.29 is 4.74 Å². The Kier molecular flexibility index (Phi) is 4.97. The normalized spacial score (nSPS) is 28.1. The Morgan fingerprint density at radius 3 is 2.71 bits per heavy atom. The highest BCUT2D eigenvalue weighted by molar-refractivity contribution is 5.22. The van der Waals surface area contributed by atoms with Gasteiger partial charge in [-0.2, -0.15) is 0 Å². The number of benzene rings is 1. The van der Waals surface area contributed by atoms with Gasteiger partial charge < -0.3 is 4.74 Å². The highest BCUT2D eigenvalue weighted by atomic mass is 16.5. The molecule has 1 aromatic carbocycles. The summed E-state index contributed by atoms with van der Waals surface area (Å²) in [5.41, 5.74) is 2.83. The molecule has 0 radical (unpaired) electrons. The molecule has 0 amide bonds. The van der Waals surface area contributed by atoms with Crippen LogP contribution < -0.4 is 0 Å². The molecule has 0 spiro atoms. The fourth-order valence-electron chi connectivity index (χ4n) is 4.23. The van der Waals surface area contributed by atoms with Crippen molar-refractivity contribution in [2.45, 2.75) is 57.6 Å². The number of methoxy groups -OCH3 is 1. The Morgan fingerprint density at radius 2 is 2.00 bits per heavy atom. The number of piperidine rings is 1. The van der Waals surface area contributed by atoms with Crippen LogP contribution in [-0.4, -0.2) is 37.2 Å². The molecule has 2 nitrogen and oxygen atoms in total. The van der Waals surface area contributed by atoms with Gasteiger partial charge >= 0.3 is 0 Å². The molecule has 116 valence electrons. The molecular formula is C19H29NO. The van der Waals surface area contributed by atoms with E-state index in [0.717, 1.165) is 12.6 Å². The van der Waals surface area contributed by atoms with Crippen LogP contribution in [0.25, 0.3) is 0 Å². The van der Waals surface area contributed by atoms with E-state index in [0.29, 0.717) is 12.0 Å². The van der Waals surface area contributed by atoms with Crippen LogP contribution in [0, 0.1) is 12.8 Å². The lowest BCUT2D eigenvalue weighted by atomic mass is 9.86. The quantitative estimate of drug-likeness (QED) is 0.835. The maximum atomic E-state index is 5.85. The van der Waals surface area contributed by atoms with Gasteiger partial charge in [-0.1, -0.05) is 42.7 Å². The van der Waals surface area contributed by atoms with Crippen LogP contribution >= 0.6 is 0 Å². The Balaban J connectivity index is 1.61. The third-order valence-corrected chi connectivity index (χ3v) is 5.45. The van der Waals surface area contributed by atoms with E-state index in [2.05, 4.69) is 36.1 Å². The molecule has 2 heteroatoms. The van der Waals surface area contributed by atoms with Crippen molar-refractivity contribution in [1.29, 1.82) is 0 Å². The molecule has 2 atom stereocenters. The zero-order chi connectivity index (χ0) is 14.7. The average Bonchev–Trinajstić information content (AvgIpc) is 3.02. The molecule has 0 N–H and O–H groups in total. The summed E-state index contributed by atoms with van der Waals surface area (Å²) in [6.07, 6.45) is 8.50. The van der Waals surface area contributed by atoms with Gasteiger partial charge in [0.1, 0.15) is 0 Å². The van der Waals surface area contributed by atoms with E-state index in [1.54, 1.807) is 0 Å². The first-order valence-electron chi connectivity index (χ1n) is 8.58. The van der Waals surface area contributed by atoms with Gasteiger partial charge in [-0.3, -0.25) is 4.90 Å². The minimum atomic E-state index is 0.403. The largest absolute Gasteiger partial charge is 0.380 e. The minimum Gasteiger partial charge on any atom is -0.380 e. The molecule has 1 aliphatic carbocycles. The van der Waals surface area contributed by atoms with Crippen LogP contribution in [0.3, 0.4) is 0 Å². The first kappa shape index (κ1) is 15.1. The minimum absolute atomic E-state index is 0.403. The van der Waals surface area contributed by atoms with Crippen molar-refractivity contribution in [2.75, 3.05) is 20.2 Å². The standard InChI is InChI=1S/C19H29NO/c1-15-6-5-7-16(12-15)13-17-10-11-20(14-19(17)21-2)18-8-3-4-9-18/h5-7,12,17-19H,3-4,8-11,13-14H2,1-2H3/t17-,19+/m1/s1. The number of aryl methyl sites for hydroxylation is 1. The van der Waals surface area contributed by atoms with E-state index < -0.39 is 0 Å². The van der Waals surface area contributed by atoms with E-state index in [1.165, 1.54) is 56.2 Å². The molecule has 1 saturated heterocycles. The van der Waals surface area contributed by atoms with Crippen molar-refractivity contribution in [3.8, 4) is 0 Å². The third-order valence-electron chi connectivity index (χ3n) is 5.45. The molecule has 2 aliphatic rings. The van der Waals surface area contributed by atoms with Gasteiger partial charge in [0, 0.05) is 19.7 Å². The summed E-state index contributed by atoms with van der Waals surface area (Å²) in [6, 6.07) is 9.79. The molecule has 1 aliphatic heterocycles. The summed E-state index contributed by atoms with van der Waals surface area (Å²) in [4.78, 5) is 2.70. The fraction of sp³-hybridized carbons (Fsp3) is 0.684. The second-order valence-corrected chi connectivity index (χ2v) is 6.95. The van der Waals surface area contributed by atoms with Crippen LogP contribution in [0.2, 0.25) is 0 Å². The number of ether oxygens (including phenoxy) is 1. The van der Waals surface area contributed by atoms with Crippen LogP contribution in [0.4, 0.5) is 0 Å². The molecule has 1 heterocycles. The second kappa shape index (κ2) is 6.93. The molecule has 0 aromatic heterocycles. The van der Waals surface area contributed by atoms with Gasteiger partial charge in [-0.25, -0.2) is 0 Å². The molecule has 1 saturated carbocycles. The van der Waals surface area contributed by atoms with Gasteiger partial charge in [0.05, 0.1) is 6.10 Å². The monoisotopic (exact) mass is 287 g/mol. The zero-order valence-corrected chi connectivity index (χ0v) is 13.6. The van der Waals surface area contributed by atoms with E-state index in [4.69, 9.17) is 4.74 Å². The summed E-state index contributed by atoms with van der Waals surface area (Å²) in [6.45, 7) is 4.58. The lowest BCUT2D eigenvalue weighted by molar-refractivity contribution is -0.0237. The van der Waals surface area contributed by atoms with Gasteiger partial charge in [0.2, 0.25) is 0 Å². The van der Waals surface area contributed by atoms with Gasteiger partial charge in [-0.15, -0.1) is 0 Å². The van der Waals surface area contributed by atoms with Crippen molar-refractivity contribution in [2.24, 2.45) is 5.92 Å². The lowest BCUT2D eigenvalue weighted by Gasteiger charge is -2.41.